The predicted molar refractivity (Wildman–Crippen MR) is 105 cm³/mol. The van der Waals surface area contributed by atoms with Crippen molar-refractivity contribution in [1.29, 1.82) is 5.41 Å². The fourth-order valence-corrected chi connectivity index (χ4v) is 3.24. The van der Waals surface area contributed by atoms with E-state index in [2.05, 4.69) is 0 Å². The summed E-state index contributed by atoms with van der Waals surface area (Å²) >= 11 is 0. The first-order valence-electron chi connectivity index (χ1n) is 8.69. The Morgan fingerprint density at radius 3 is 2.52 bits per heavy atom. The summed E-state index contributed by atoms with van der Waals surface area (Å²) in [6, 6.07) is 24.4. The Morgan fingerprint density at radius 2 is 1.74 bits per heavy atom. The van der Waals surface area contributed by atoms with Crippen molar-refractivity contribution >= 4 is 17.4 Å². The molecule has 27 heavy (non-hydrogen) atoms. The molecule has 1 amide bonds. The lowest BCUT2D eigenvalue weighted by molar-refractivity contribution is -0.126. The van der Waals surface area contributed by atoms with Crippen LogP contribution in [0.15, 0.2) is 78.9 Å². The minimum Gasteiger partial charge on any atom is -0.474 e. The zero-order chi connectivity index (χ0) is 18.8. The molecule has 3 aromatic rings. The molecule has 3 N–H and O–H groups in total. The zero-order valence-corrected chi connectivity index (χ0v) is 14.6. The fourth-order valence-electron chi connectivity index (χ4n) is 3.24. The van der Waals surface area contributed by atoms with E-state index in [1.807, 2.05) is 72.8 Å². The number of rotatable bonds is 4. The van der Waals surface area contributed by atoms with Crippen LogP contribution in [-0.4, -0.2) is 11.7 Å². The number of anilines is 1. The lowest BCUT2D eigenvalue weighted by Crippen LogP contribution is -2.40. The molecular formula is C22H19N3O2. The summed E-state index contributed by atoms with van der Waals surface area (Å²) in [4.78, 5) is 15.0. The van der Waals surface area contributed by atoms with E-state index in [-0.39, 0.29) is 11.7 Å². The first-order chi connectivity index (χ1) is 13.1. The third-order valence-corrected chi connectivity index (χ3v) is 4.57. The number of nitrogens with zero attached hydrogens (tertiary/aromatic N) is 1. The van der Waals surface area contributed by atoms with Crippen LogP contribution in [0.3, 0.4) is 0 Å². The number of hydrogen-bond donors (Lipinski definition) is 2. The maximum absolute atomic E-state index is 13.2. The van der Waals surface area contributed by atoms with Gasteiger partial charge in [0.2, 0.25) is 6.10 Å². The van der Waals surface area contributed by atoms with Gasteiger partial charge in [0, 0.05) is 11.1 Å². The molecule has 134 valence electrons. The van der Waals surface area contributed by atoms with Gasteiger partial charge >= 0.3 is 0 Å². The van der Waals surface area contributed by atoms with Crippen molar-refractivity contribution in [2.24, 2.45) is 5.73 Å². The molecule has 3 aromatic carbocycles. The molecule has 0 spiro atoms. The number of carbonyl (C=O) groups excluding carboxylic acids is 1. The highest BCUT2D eigenvalue weighted by atomic mass is 16.5. The third kappa shape index (κ3) is 3.27. The summed E-state index contributed by atoms with van der Waals surface area (Å²) in [5.74, 6) is 0.564. The molecule has 5 heteroatoms. The molecule has 0 fully saturated rings. The van der Waals surface area contributed by atoms with Crippen molar-refractivity contribution < 1.29 is 9.53 Å². The average Bonchev–Trinajstić information content (AvgIpc) is 2.71. The van der Waals surface area contributed by atoms with Crippen molar-refractivity contribution in [2.75, 3.05) is 4.90 Å². The number of amidine groups is 1. The molecule has 4 rings (SSSR count). The lowest BCUT2D eigenvalue weighted by Gasteiger charge is -2.34. The van der Waals surface area contributed by atoms with Gasteiger partial charge in [-0.05, 0) is 23.8 Å². The zero-order valence-electron chi connectivity index (χ0n) is 14.6. The summed E-state index contributed by atoms with van der Waals surface area (Å²) in [7, 11) is 0. The summed E-state index contributed by atoms with van der Waals surface area (Å²) in [5, 5.41) is 7.63. The van der Waals surface area contributed by atoms with Gasteiger partial charge in [-0.15, -0.1) is 0 Å². The van der Waals surface area contributed by atoms with Crippen LogP contribution in [0.4, 0.5) is 5.69 Å². The van der Waals surface area contributed by atoms with Crippen molar-refractivity contribution in [3.63, 3.8) is 0 Å². The van der Waals surface area contributed by atoms with Crippen LogP contribution in [0, 0.1) is 5.41 Å². The number of para-hydroxylation sites is 2. The van der Waals surface area contributed by atoms with Gasteiger partial charge in [-0.3, -0.25) is 10.2 Å². The molecule has 0 bridgehead atoms. The molecule has 0 aliphatic carbocycles. The van der Waals surface area contributed by atoms with Gasteiger partial charge in [0.25, 0.3) is 5.91 Å². The smallest absolute Gasteiger partial charge is 0.273 e. The Bertz CT molecular complexity index is 1000. The second-order valence-corrected chi connectivity index (χ2v) is 6.41. The van der Waals surface area contributed by atoms with E-state index in [9.17, 15) is 4.79 Å². The molecule has 1 unspecified atom stereocenters. The van der Waals surface area contributed by atoms with E-state index in [1.54, 1.807) is 11.0 Å². The highest BCUT2D eigenvalue weighted by Gasteiger charge is 2.35. The van der Waals surface area contributed by atoms with Gasteiger partial charge in [-0.25, -0.2) is 0 Å². The highest BCUT2D eigenvalue weighted by molar-refractivity contribution is 6.00. The fraction of sp³-hybridized carbons (Fsp3) is 0.0909. The molecule has 1 heterocycles. The summed E-state index contributed by atoms with van der Waals surface area (Å²) < 4.78 is 6.01. The van der Waals surface area contributed by atoms with Gasteiger partial charge in [0.1, 0.15) is 11.6 Å². The Kier molecular flexibility index (Phi) is 4.34. The van der Waals surface area contributed by atoms with E-state index in [4.69, 9.17) is 15.9 Å². The maximum atomic E-state index is 13.2. The van der Waals surface area contributed by atoms with Crippen molar-refractivity contribution in [1.82, 2.24) is 0 Å². The van der Waals surface area contributed by atoms with Gasteiger partial charge < -0.3 is 15.4 Å². The van der Waals surface area contributed by atoms with Crippen LogP contribution in [0.2, 0.25) is 0 Å². The first-order valence-corrected chi connectivity index (χ1v) is 8.69. The number of nitrogens with one attached hydrogen (secondary N) is 1. The average molecular weight is 357 g/mol. The molecule has 1 aliphatic heterocycles. The SMILES string of the molecule is N=C(N)c1cccc(CN2C(=O)C(c3ccccc3)Oc3ccccc32)c1. The highest BCUT2D eigenvalue weighted by Crippen LogP contribution is 2.39. The van der Waals surface area contributed by atoms with Crippen LogP contribution in [0.1, 0.15) is 22.8 Å². The summed E-state index contributed by atoms with van der Waals surface area (Å²) in [6.07, 6.45) is -0.683. The van der Waals surface area contributed by atoms with Crippen LogP contribution < -0.4 is 15.4 Å². The summed E-state index contributed by atoms with van der Waals surface area (Å²) in [5.41, 5.74) is 8.70. The van der Waals surface area contributed by atoms with Gasteiger partial charge in [-0.1, -0.05) is 60.7 Å². The van der Waals surface area contributed by atoms with Crippen molar-refractivity contribution in [3.8, 4) is 5.75 Å². The first kappa shape index (κ1) is 16.8. The van der Waals surface area contributed by atoms with E-state index >= 15 is 0 Å². The molecule has 1 atom stereocenters. The molecule has 0 aromatic heterocycles. The largest absolute Gasteiger partial charge is 0.474 e. The predicted octanol–water partition coefficient (Wildman–Crippen LogP) is 3.64. The van der Waals surface area contributed by atoms with Crippen molar-refractivity contribution in [3.05, 3.63) is 95.6 Å². The van der Waals surface area contributed by atoms with E-state index in [0.29, 0.717) is 17.9 Å². The monoisotopic (exact) mass is 357 g/mol. The van der Waals surface area contributed by atoms with Crippen LogP contribution in [-0.2, 0) is 11.3 Å². The Hall–Kier alpha value is -3.60. The number of hydrogen-bond acceptors (Lipinski definition) is 3. The van der Waals surface area contributed by atoms with Crippen LogP contribution in [0.5, 0.6) is 5.75 Å². The standard InChI is InChI=1S/C22H19N3O2/c23-21(24)17-10-6-7-15(13-17)14-25-18-11-4-5-12-19(18)27-20(22(25)26)16-8-2-1-3-9-16/h1-13,20H,14H2,(H3,23,24). The quantitative estimate of drug-likeness (QED) is 0.553. The Labute approximate surface area is 157 Å². The van der Waals surface area contributed by atoms with Crippen molar-refractivity contribution in [2.45, 2.75) is 12.6 Å². The van der Waals surface area contributed by atoms with E-state index < -0.39 is 6.10 Å². The Balaban J connectivity index is 1.73. The minimum atomic E-state index is -0.683. The van der Waals surface area contributed by atoms with E-state index in [1.165, 1.54) is 0 Å². The number of nitrogen functional groups attached to an aromatic ring is 1. The molecular weight excluding hydrogens is 338 g/mol. The number of nitrogens with two attached hydrogens (primary N) is 1. The van der Waals surface area contributed by atoms with Gasteiger partial charge in [-0.2, -0.15) is 0 Å². The number of amides is 1. The lowest BCUT2D eigenvalue weighted by atomic mass is 10.0. The number of fused-ring (bicyclic) bond motifs is 1. The number of carbonyl (C=O) groups is 1. The van der Waals surface area contributed by atoms with Crippen LogP contribution >= 0.6 is 0 Å². The Morgan fingerprint density at radius 1 is 1.00 bits per heavy atom. The molecule has 0 radical (unpaired) electrons. The topological polar surface area (TPSA) is 79.4 Å². The molecule has 1 aliphatic rings. The minimum absolute atomic E-state index is 0.00714. The normalized spacial score (nSPS) is 15.8. The number of benzene rings is 3. The molecule has 0 saturated carbocycles. The van der Waals surface area contributed by atoms with Gasteiger partial charge in [0.05, 0.1) is 12.2 Å². The van der Waals surface area contributed by atoms with Gasteiger partial charge in [0.15, 0.2) is 0 Å². The molecule has 5 nitrogen and oxygen atoms in total. The second kappa shape index (κ2) is 6.96. The summed E-state index contributed by atoms with van der Waals surface area (Å²) in [6.45, 7) is 0.379. The maximum Gasteiger partial charge on any atom is 0.273 e. The van der Waals surface area contributed by atoms with E-state index in [0.717, 1.165) is 16.8 Å². The van der Waals surface area contributed by atoms with Crippen LogP contribution in [0.25, 0.3) is 0 Å². The number of ether oxygens (including phenoxy) is 1. The third-order valence-electron chi connectivity index (χ3n) is 4.57. The second-order valence-electron chi connectivity index (χ2n) is 6.41. The molecule has 0 saturated heterocycles.